The summed E-state index contributed by atoms with van der Waals surface area (Å²) in [5.41, 5.74) is 2.03. The van der Waals surface area contributed by atoms with Gasteiger partial charge in [-0.2, -0.15) is 0 Å². The van der Waals surface area contributed by atoms with Gasteiger partial charge in [0.05, 0.1) is 0 Å². The van der Waals surface area contributed by atoms with Gasteiger partial charge in [0.2, 0.25) is 0 Å². The zero-order valence-corrected chi connectivity index (χ0v) is 12.3. The minimum atomic E-state index is -0.0117. The number of aliphatic hydroxyl groups is 1. The molecule has 0 spiro atoms. The summed E-state index contributed by atoms with van der Waals surface area (Å²) in [6.45, 7) is 3.99. The Labute approximate surface area is 125 Å². The quantitative estimate of drug-likeness (QED) is 0.860. The zero-order chi connectivity index (χ0) is 15.2. The molecule has 2 N–H and O–H groups in total. The maximum Gasteiger partial charge on any atom is 0.131 e. The first kappa shape index (κ1) is 15.1. The van der Waals surface area contributed by atoms with Crippen molar-refractivity contribution < 1.29 is 14.9 Å². The van der Waals surface area contributed by atoms with Crippen molar-refractivity contribution in [3.05, 3.63) is 59.7 Å². The second-order valence-corrected chi connectivity index (χ2v) is 4.98. The van der Waals surface area contributed by atoms with Crippen LogP contribution in [0.2, 0.25) is 0 Å². The zero-order valence-electron chi connectivity index (χ0n) is 12.3. The number of rotatable bonds is 5. The molecule has 2 aromatic rings. The standard InChI is InChI=1S/C18H20O3/c1-3-4-14-5-10-18(17(11-14)13(2)12-19)21-16-8-6-15(20)7-9-16/h3-11,13,19-20H,12H2,1-2H3/b4-3+/t13-/m0/s1. The van der Waals surface area contributed by atoms with Crippen molar-refractivity contribution in [3.63, 3.8) is 0 Å². The monoisotopic (exact) mass is 284 g/mol. The molecule has 3 nitrogen and oxygen atoms in total. The average molecular weight is 284 g/mol. The van der Waals surface area contributed by atoms with Gasteiger partial charge in [-0.05, 0) is 48.9 Å². The van der Waals surface area contributed by atoms with Crippen molar-refractivity contribution >= 4 is 6.08 Å². The van der Waals surface area contributed by atoms with Crippen LogP contribution in [0, 0.1) is 0 Å². The van der Waals surface area contributed by atoms with Gasteiger partial charge in [-0.1, -0.05) is 25.1 Å². The molecule has 0 heterocycles. The molecule has 2 rings (SSSR count). The average Bonchev–Trinajstić information content (AvgIpc) is 2.50. The highest BCUT2D eigenvalue weighted by atomic mass is 16.5. The normalized spacial score (nSPS) is 12.5. The lowest BCUT2D eigenvalue weighted by atomic mass is 9.98. The van der Waals surface area contributed by atoms with Crippen LogP contribution >= 0.6 is 0 Å². The van der Waals surface area contributed by atoms with E-state index in [1.165, 1.54) is 0 Å². The number of hydrogen-bond acceptors (Lipinski definition) is 3. The van der Waals surface area contributed by atoms with Crippen LogP contribution in [0.25, 0.3) is 6.08 Å². The molecule has 0 aliphatic carbocycles. The fourth-order valence-electron chi connectivity index (χ4n) is 2.08. The van der Waals surface area contributed by atoms with Crippen LogP contribution in [-0.2, 0) is 0 Å². The molecule has 0 radical (unpaired) electrons. The Kier molecular flexibility index (Phi) is 5.01. The Balaban J connectivity index is 2.35. The summed E-state index contributed by atoms with van der Waals surface area (Å²) in [4.78, 5) is 0. The summed E-state index contributed by atoms with van der Waals surface area (Å²) in [6.07, 6.45) is 3.99. The predicted octanol–water partition coefficient (Wildman–Crippen LogP) is 4.31. The van der Waals surface area contributed by atoms with Gasteiger partial charge in [-0.15, -0.1) is 0 Å². The Morgan fingerprint density at radius 2 is 1.86 bits per heavy atom. The third-order valence-corrected chi connectivity index (χ3v) is 3.26. The van der Waals surface area contributed by atoms with Crippen molar-refractivity contribution in [3.8, 4) is 17.2 Å². The van der Waals surface area contributed by atoms with Gasteiger partial charge in [0.15, 0.2) is 0 Å². The van der Waals surface area contributed by atoms with Crippen molar-refractivity contribution in [1.82, 2.24) is 0 Å². The molecule has 21 heavy (non-hydrogen) atoms. The number of ether oxygens (including phenoxy) is 1. The van der Waals surface area contributed by atoms with Gasteiger partial charge in [0.1, 0.15) is 17.2 Å². The van der Waals surface area contributed by atoms with Crippen LogP contribution in [0.1, 0.15) is 30.9 Å². The van der Waals surface area contributed by atoms with E-state index < -0.39 is 0 Å². The summed E-state index contributed by atoms with van der Waals surface area (Å²) < 4.78 is 5.87. The second-order valence-electron chi connectivity index (χ2n) is 4.98. The van der Waals surface area contributed by atoms with Crippen LogP contribution in [0.15, 0.2) is 48.5 Å². The fourth-order valence-corrected chi connectivity index (χ4v) is 2.08. The Hall–Kier alpha value is -2.26. The minimum absolute atomic E-state index is 0.0117. The van der Waals surface area contributed by atoms with Crippen LogP contribution in [-0.4, -0.2) is 16.8 Å². The highest BCUT2D eigenvalue weighted by molar-refractivity contribution is 5.54. The summed E-state index contributed by atoms with van der Waals surface area (Å²) in [7, 11) is 0. The Morgan fingerprint density at radius 3 is 2.48 bits per heavy atom. The third kappa shape index (κ3) is 3.86. The third-order valence-electron chi connectivity index (χ3n) is 3.26. The molecule has 0 saturated carbocycles. The molecule has 0 aromatic heterocycles. The SMILES string of the molecule is C/C=C/c1ccc(Oc2ccc(O)cc2)c([C@@H](C)CO)c1. The number of allylic oxidation sites excluding steroid dienone is 1. The van der Waals surface area contributed by atoms with E-state index in [0.717, 1.165) is 16.9 Å². The van der Waals surface area contributed by atoms with E-state index in [1.807, 2.05) is 44.2 Å². The molecule has 0 unspecified atom stereocenters. The summed E-state index contributed by atoms with van der Waals surface area (Å²) in [5.74, 6) is 1.56. The number of phenolic OH excluding ortho intramolecular Hbond substituents is 1. The first-order valence-electron chi connectivity index (χ1n) is 6.98. The van der Waals surface area contributed by atoms with E-state index in [0.29, 0.717) is 5.75 Å². The minimum Gasteiger partial charge on any atom is -0.508 e. The molecule has 0 saturated heterocycles. The van der Waals surface area contributed by atoms with E-state index in [9.17, 15) is 10.2 Å². The molecule has 0 amide bonds. The van der Waals surface area contributed by atoms with Gasteiger partial charge in [-0.25, -0.2) is 0 Å². The number of benzene rings is 2. The fraction of sp³-hybridized carbons (Fsp3) is 0.222. The van der Waals surface area contributed by atoms with Gasteiger partial charge >= 0.3 is 0 Å². The topological polar surface area (TPSA) is 49.7 Å². The Bertz CT molecular complexity index is 615. The van der Waals surface area contributed by atoms with E-state index in [-0.39, 0.29) is 18.3 Å². The maximum atomic E-state index is 9.43. The summed E-state index contributed by atoms with van der Waals surface area (Å²) in [6, 6.07) is 12.5. The highest BCUT2D eigenvalue weighted by Gasteiger charge is 2.12. The van der Waals surface area contributed by atoms with Crippen molar-refractivity contribution in [2.75, 3.05) is 6.61 Å². The molecule has 0 aliphatic heterocycles. The molecule has 0 aliphatic rings. The Morgan fingerprint density at radius 1 is 1.14 bits per heavy atom. The molecule has 2 aromatic carbocycles. The molecule has 0 bridgehead atoms. The maximum absolute atomic E-state index is 9.43. The summed E-state index contributed by atoms with van der Waals surface area (Å²) in [5, 5.41) is 18.7. The van der Waals surface area contributed by atoms with E-state index >= 15 is 0 Å². The van der Waals surface area contributed by atoms with E-state index in [4.69, 9.17) is 4.74 Å². The largest absolute Gasteiger partial charge is 0.508 e. The van der Waals surface area contributed by atoms with Crippen LogP contribution in [0.4, 0.5) is 0 Å². The highest BCUT2D eigenvalue weighted by Crippen LogP contribution is 2.32. The lowest BCUT2D eigenvalue weighted by molar-refractivity contribution is 0.271. The second kappa shape index (κ2) is 6.95. The molecule has 1 atom stereocenters. The van der Waals surface area contributed by atoms with Crippen LogP contribution < -0.4 is 4.74 Å². The van der Waals surface area contributed by atoms with Crippen molar-refractivity contribution in [2.45, 2.75) is 19.8 Å². The molecule has 110 valence electrons. The number of phenols is 1. The lowest BCUT2D eigenvalue weighted by Crippen LogP contribution is -2.02. The van der Waals surface area contributed by atoms with E-state index in [1.54, 1.807) is 24.3 Å². The van der Waals surface area contributed by atoms with Gasteiger partial charge in [0, 0.05) is 18.1 Å². The number of aromatic hydroxyl groups is 1. The van der Waals surface area contributed by atoms with Crippen molar-refractivity contribution in [1.29, 1.82) is 0 Å². The lowest BCUT2D eigenvalue weighted by Gasteiger charge is -2.16. The number of hydrogen-bond donors (Lipinski definition) is 2. The van der Waals surface area contributed by atoms with Gasteiger partial charge < -0.3 is 14.9 Å². The molecule has 0 fully saturated rings. The molecular formula is C18H20O3. The summed E-state index contributed by atoms with van der Waals surface area (Å²) >= 11 is 0. The van der Waals surface area contributed by atoms with Crippen LogP contribution in [0.5, 0.6) is 17.2 Å². The molecule has 3 heteroatoms. The van der Waals surface area contributed by atoms with Crippen LogP contribution in [0.3, 0.4) is 0 Å². The van der Waals surface area contributed by atoms with E-state index in [2.05, 4.69) is 0 Å². The molecular weight excluding hydrogens is 264 g/mol. The van der Waals surface area contributed by atoms with Gasteiger partial charge in [-0.3, -0.25) is 0 Å². The first-order valence-corrected chi connectivity index (χ1v) is 6.98. The smallest absolute Gasteiger partial charge is 0.131 e. The van der Waals surface area contributed by atoms with Gasteiger partial charge in [0.25, 0.3) is 0 Å². The van der Waals surface area contributed by atoms with Crippen molar-refractivity contribution in [2.24, 2.45) is 0 Å². The number of aliphatic hydroxyl groups excluding tert-OH is 1. The first-order chi connectivity index (χ1) is 10.1. The predicted molar refractivity (Wildman–Crippen MR) is 84.8 cm³/mol.